The zero-order chi connectivity index (χ0) is 37.1. The zero-order valence-electron chi connectivity index (χ0n) is 29.6. The van der Waals surface area contributed by atoms with Gasteiger partial charge >= 0.3 is 0 Å². The lowest BCUT2D eigenvalue weighted by molar-refractivity contribution is 0.434. The van der Waals surface area contributed by atoms with Crippen LogP contribution < -0.4 is 4.74 Å². The number of para-hydroxylation sites is 4. The van der Waals surface area contributed by atoms with Crippen LogP contribution in [0.3, 0.4) is 0 Å². The fourth-order valence-corrected chi connectivity index (χ4v) is 9.52. The van der Waals surface area contributed by atoms with Gasteiger partial charge in [0.1, 0.15) is 5.75 Å². The lowest BCUT2D eigenvalue weighted by Crippen LogP contribution is -2.32. The van der Waals surface area contributed by atoms with E-state index in [1.54, 1.807) is 0 Å². The molecule has 1 atom stereocenters. The number of nitriles is 2. The maximum absolute atomic E-state index is 9.87. The molecular formula is C49H26N6O. The summed E-state index contributed by atoms with van der Waals surface area (Å²) in [5, 5.41) is 23.9. The molecule has 1 aliphatic heterocycles. The number of rotatable bonds is 2. The van der Waals surface area contributed by atoms with Crippen LogP contribution in [0, 0.1) is 22.7 Å². The van der Waals surface area contributed by atoms with Crippen molar-refractivity contribution < 1.29 is 4.74 Å². The molecule has 7 heteroatoms. The van der Waals surface area contributed by atoms with Crippen molar-refractivity contribution in [2.24, 2.45) is 0 Å². The van der Waals surface area contributed by atoms with E-state index in [-0.39, 0.29) is 0 Å². The van der Waals surface area contributed by atoms with Gasteiger partial charge in [-0.05, 0) is 78.4 Å². The third-order valence-electron chi connectivity index (χ3n) is 11.7. The lowest BCUT2D eigenvalue weighted by atomic mass is 9.66. The normalized spacial score (nSPS) is 15.0. The minimum absolute atomic E-state index is 0.552. The highest BCUT2D eigenvalue weighted by molar-refractivity contribution is 6.11. The summed E-state index contributed by atoms with van der Waals surface area (Å²) in [6, 6.07) is 54.2. The minimum Gasteiger partial charge on any atom is -0.454 e. The van der Waals surface area contributed by atoms with Crippen LogP contribution in [-0.4, -0.2) is 19.1 Å². The van der Waals surface area contributed by atoms with Crippen LogP contribution in [0.1, 0.15) is 33.4 Å². The van der Waals surface area contributed by atoms with E-state index < -0.39 is 5.41 Å². The van der Waals surface area contributed by atoms with E-state index in [1.165, 1.54) is 10.8 Å². The molecule has 0 saturated carbocycles. The molecule has 2 aliphatic rings. The van der Waals surface area contributed by atoms with Gasteiger partial charge in [0.25, 0.3) is 0 Å². The van der Waals surface area contributed by atoms with Gasteiger partial charge in [0.15, 0.2) is 5.75 Å². The van der Waals surface area contributed by atoms with Crippen molar-refractivity contribution >= 4 is 43.6 Å². The first-order valence-electron chi connectivity index (χ1n) is 18.4. The van der Waals surface area contributed by atoms with Gasteiger partial charge in [-0.1, -0.05) is 72.8 Å². The van der Waals surface area contributed by atoms with Gasteiger partial charge in [-0.15, -0.1) is 0 Å². The highest BCUT2D eigenvalue weighted by Crippen LogP contribution is 2.62. The van der Waals surface area contributed by atoms with E-state index in [9.17, 15) is 10.5 Å². The second kappa shape index (κ2) is 11.0. The van der Waals surface area contributed by atoms with Crippen molar-refractivity contribution in [1.29, 1.82) is 10.5 Å². The van der Waals surface area contributed by atoms with Crippen molar-refractivity contribution in [3.63, 3.8) is 0 Å². The average Bonchev–Trinajstić information content (AvgIpc) is 3.87. The summed E-state index contributed by atoms with van der Waals surface area (Å²) in [7, 11) is 0. The molecular weight excluding hydrogens is 689 g/mol. The number of aromatic nitrogens is 4. The Labute approximate surface area is 320 Å². The SMILES string of the molecule is N#Cc1ccc2c(c1)c1cc(C#N)ccc1n2-c1cccc2c1Oc1ccccc1C21c2cccnc2-c2ncc(-n3c4ccccc4c4ccccc43)cc21. The zero-order valence-corrected chi connectivity index (χ0v) is 29.6. The van der Waals surface area contributed by atoms with Gasteiger partial charge in [0.05, 0.1) is 79.7 Å². The fraction of sp³-hybridized carbons (Fsp3) is 0.0204. The maximum atomic E-state index is 9.87. The van der Waals surface area contributed by atoms with E-state index in [0.717, 1.165) is 83.6 Å². The molecule has 12 rings (SSSR count). The predicted octanol–water partition coefficient (Wildman–Crippen LogP) is 10.9. The predicted molar refractivity (Wildman–Crippen MR) is 218 cm³/mol. The summed E-state index contributed by atoms with van der Waals surface area (Å²) in [5.74, 6) is 1.46. The molecule has 0 radical (unpaired) electrons. The van der Waals surface area contributed by atoms with Gasteiger partial charge in [-0.2, -0.15) is 10.5 Å². The number of nitrogens with zero attached hydrogens (tertiary/aromatic N) is 6. The van der Waals surface area contributed by atoms with Crippen molar-refractivity contribution in [3.8, 4) is 46.4 Å². The first kappa shape index (κ1) is 30.5. The Morgan fingerprint density at radius 3 is 1.82 bits per heavy atom. The standard InChI is InChI=1S/C49H26N6O/c50-26-29-18-20-42-34(23-29)35-24-30(27-51)19-21-43(35)55(42)44-16-7-12-38-48(44)56-45-17-6-3-11-36(45)49(38)37-13-8-22-52-46(37)47-39(49)25-31(28-53-47)54-40-14-4-1-9-32(40)33-10-2-5-15-41(33)54/h1-25,28H. The molecule has 6 aromatic carbocycles. The smallest absolute Gasteiger partial charge is 0.156 e. The first-order chi connectivity index (χ1) is 27.7. The monoisotopic (exact) mass is 714 g/mol. The average molecular weight is 715 g/mol. The molecule has 7 nitrogen and oxygen atoms in total. The van der Waals surface area contributed by atoms with Crippen molar-refractivity contribution in [2.75, 3.05) is 0 Å². The molecule has 1 spiro atoms. The highest BCUT2D eigenvalue weighted by atomic mass is 16.5. The number of hydrogen-bond acceptors (Lipinski definition) is 5. The number of hydrogen-bond donors (Lipinski definition) is 0. The summed E-state index contributed by atoms with van der Waals surface area (Å²) in [6.45, 7) is 0. The van der Waals surface area contributed by atoms with E-state index in [0.29, 0.717) is 16.9 Å². The Morgan fingerprint density at radius 2 is 1.11 bits per heavy atom. The summed E-state index contributed by atoms with van der Waals surface area (Å²) >= 11 is 0. The summed E-state index contributed by atoms with van der Waals surface area (Å²) in [6.07, 6.45) is 3.82. The van der Waals surface area contributed by atoms with Gasteiger partial charge in [-0.3, -0.25) is 9.97 Å². The van der Waals surface area contributed by atoms with Crippen LogP contribution in [0.4, 0.5) is 0 Å². The van der Waals surface area contributed by atoms with Crippen LogP contribution in [0.15, 0.2) is 158 Å². The van der Waals surface area contributed by atoms with Gasteiger partial charge in [0, 0.05) is 44.4 Å². The van der Waals surface area contributed by atoms with Crippen LogP contribution in [0.5, 0.6) is 11.5 Å². The van der Waals surface area contributed by atoms with Crippen molar-refractivity contribution in [1.82, 2.24) is 19.1 Å². The van der Waals surface area contributed by atoms with Crippen LogP contribution in [0.25, 0.3) is 66.4 Å². The highest BCUT2D eigenvalue weighted by Gasteiger charge is 2.53. The van der Waals surface area contributed by atoms with Crippen LogP contribution in [0.2, 0.25) is 0 Å². The van der Waals surface area contributed by atoms with Crippen LogP contribution in [-0.2, 0) is 5.41 Å². The summed E-state index contributed by atoms with van der Waals surface area (Å²) < 4.78 is 11.6. The second-order valence-electron chi connectivity index (χ2n) is 14.4. The molecule has 0 N–H and O–H groups in total. The van der Waals surface area contributed by atoms with Crippen LogP contribution >= 0.6 is 0 Å². The van der Waals surface area contributed by atoms with E-state index in [1.807, 2.05) is 67.0 Å². The Hall–Kier alpha value is -8.00. The number of fused-ring (bicyclic) bond motifs is 15. The minimum atomic E-state index is -0.832. The summed E-state index contributed by atoms with van der Waals surface area (Å²) in [5.41, 5.74) is 11.8. The maximum Gasteiger partial charge on any atom is 0.156 e. The van der Waals surface area contributed by atoms with E-state index >= 15 is 0 Å². The largest absolute Gasteiger partial charge is 0.454 e. The van der Waals surface area contributed by atoms with Gasteiger partial charge in [-0.25, -0.2) is 0 Å². The number of benzene rings is 6. The molecule has 10 aromatic rings. The Balaban J connectivity index is 1.20. The number of ether oxygens (including phenoxy) is 1. The van der Waals surface area contributed by atoms with Gasteiger partial charge in [0.2, 0.25) is 0 Å². The quantitative estimate of drug-likeness (QED) is 0.178. The van der Waals surface area contributed by atoms with Gasteiger partial charge < -0.3 is 13.9 Å². The molecule has 5 heterocycles. The molecule has 0 fully saturated rings. The molecule has 0 amide bonds. The molecule has 0 bridgehead atoms. The Morgan fingerprint density at radius 1 is 0.500 bits per heavy atom. The second-order valence-corrected chi connectivity index (χ2v) is 14.4. The summed E-state index contributed by atoms with van der Waals surface area (Å²) in [4.78, 5) is 10.3. The molecule has 1 aliphatic carbocycles. The molecule has 56 heavy (non-hydrogen) atoms. The fourth-order valence-electron chi connectivity index (χ4n) is 9.52. The van der Waals surface area contributed by atoms with E-state index in [4.69, 9.17) is 14.7 Å². The molecule has 1 unspecified atom stereocenters. The number of pyridine rings is 2. The Kier molecular flexibility index (Phi) is 5.99. The van der Waals surface area contributed by atoms with Crippen molar-refractivity contribution in [3.05, 3.63) is 191 Å². The van der Waals surface area contributed by atoms with Crippen molar-refractivity contribution in [2.45, 2.75) is 5.41 Å². The first-order valence-corrected chi connectivity index (χ1v) is 18.4. The third kappa shape index (κ3) is 3.78. The lowest BCUT2D eigenvalue weighted by Gasteiger charge is -2.39. The molecule has 258 valence electrons. The Bertz CT molecular complexity index is 3330. The molecule has 0 saturated heterocycles. The van der Waals surface area contributed by atoms with E-state index in [2.05, 4.69) is 112 Å². The topological polar surface area (TPSA) is 92.4 Å². The molecule has 4 aromatic heterocycles. The third-order valence-corrected chi connectivity index (χ3v) is 11.7.